The Morgan fingerprint density at radius 1 is 1.75 bits per heavy atom. The first-order valence-corrected chi connectivity index (χ1v) is 4.32. The summed E-state index contributed by atoms with van der Waals surface area (Å²) in [7, 11) is 0. The van der Waals surface area contributed by atoms with Crippen LogP contribution in [0.1, 0.15) is 22.8 Å². The van der Waals surface area contributed by atoms with Gasteiger partial charge in [0.2, 0.25) is 0 Å². The van der Waals surface area contributed by atoms with Crippen molar-refractivity contribution in [3.63, 3.8) is 0 Å². The second kappa shape index (κ2) is 3.67. The fraction of sp³-hybridized carbons (Fsp3) is 0.250. The van der Waals surface area contributed by atoms with E-state index in [-0.39, 0.29) is 0 Å². The van der Waals surface area contributed by atoms with Gasteiger partial charge in [0, 0.05) is 6.20 Å². The van der Waals surface area contributed by atoms with Crippen LogP contribution in [0.3, 0.4) is 0 Å². The van der Waals surface area contributed by atoms with Gasteiger partial charge in [0.05, 0.1) is 5.56 Å². The van der Waals surface area contributed by atoms with Crippen molar-refractivity contribution < 1.29 is 9.90 Å². The molecule has 0 saturated heterocycles. The van der Waals surface area contributed by atoms with Gasteiger partial charge in [-0.1, -0.05) is 6.92 Å². The molecule has 0 aliphatic carbocycles. The van der Waals surface area contributed by atoms with E-state index in [0.717, 1.165) is 5.56 Å². The second-order valence-electron chi connectivity index (χ2n) is 2.29. The Balaban J connectivity index is 3.27. The quantitative estimate of drug-likeness (QED) is 0.791. The summed E-state index contributed by atoms with van der Waals surface area (Å²) in [5, 5.41) is 8.77. The molecule has 0 bridgehead atoms. The van der Waals surface area contributed by atoms with Crippen LogP contribution in [-0.4, -0.2) is 16.1 Å². The number of pyridine rings is 1. The minimum atomic E-state index is -0.907. The molecular formula is C8H8BrNO2. The van der Waals surface area contributed by atoms with Gasteiger partial charge in [-0.25, -0.2) is 9.78 Å². The molecule has 1 aromatic heterocycles. The number of aromatic nitrogens is 1. The second-order valence-corrected chi connectivity index (χ2v) is 3.04. The molecule has 0 saturated carbocycles. The molecule has 0 unspecified atom stereocenters. The molecule has 1 N–H and O–H groups in total. The van der Waals surface area contributed by atoms with Gasteiger partial charge in [0.1, 0.15) is 4.60 Å². The fourth-order valence-electron chi connectivity index (χ4n) is 1.00. The van der Waals surface area contributed by atoms with Gasteiger partial charge in [-0.3, -0.25) is 0 Å². The molecule has 0 aliphatic rings. The zero-order valence-corrected chi connectivity index (χ0v) is 8.13. The number of halogens is 1. The number of nitrogens with zero attached hydrogens (tertiary/aromatic N) is 1. The largest absolute Gasteiger partial charge is 0.478 e. The number of carboxylic acid groups (broad SMARTS) is 1. The highest BCUT2D eigenvalue weighted by atomic mass is 79.9. The van der Waals surface area contributed by atoms with Gasteiger partial charge in [-0.05, 0) is 34.0 Å². The highest BCUT2D eigenvalue weighted by Gasteiger charge is 2.11. The number of aromatic carboxylic acids is 1. The Hall–Kier alpha value is -0.900. The third-order valence-corrected chi connectivity index (χ3v) is 2.27. The predicted molar refractivity (Wildman–Crippen MR) is 48.3 cm³/mol. The van der Waals surface area contributed by atoms with E-state index in [1.54, 1.807) is 0 Å². The minimum absolute atomic E-state index is 0.319. The van der Waals surface area contributed by atoms with Crippen LogP contribution in [0.25, 0.3) is 0 Å². The van der Waals surface area contributed by atoms with E-state index in [4.69, 9.17) is 5.11 Å². The summed E-state index contributed by atoms with van der Waals surface area (Å²) >= 11 is 3.20. The maximum absolute atomic E-state index is 10.7. The average molecular weight is 230 g/mol. The van der Waals surface area contributed by atoms with E-state index in [1.807, 2.05) is 6.92 Å². The minimum Gasteiger partial charge on any atom is -0.478 e. The van der Waals surface area contributed by atoms with Gasteiger partial charge < -0.3 is 5.11 Å². The van der Waals surface area contributed by atoms with E-state index in [9.17, 15) is 4.79 Å². The lowest BCUT2D eigenvalue weighted by Crippen LogP contribution is -2.03. The molecular weight excluding hydrogens is 222 g/mol. The number of rotatable bonds is 2. The van der Waals surface area contributed by atoms with E-state index in [1.165, 1.54) is 12.3 Å². The first-order valence-electron chi connectivity index (χ1n) is 3.53. The summed E-state index contributed by atoms with van der Waals surface area (Å²) in [4.78, 5) is 14.6. The third kappa shape index (κ3) is 1.64. The van der Waals surface area contributed by atoms with E-state index >= 15 is 0 Å². The average Bonchev–Trinajstić information content (AvgIpc) is 2.03. The SMILES string of the molecule is CCc1c(C(=O)O)ccnc1Br. The molecule has 4 heteroatoms. The molecule has 1 aromatic rings. The number of carboxylic acids is 1. The smallest absolute Gasteiger partial charge is 0.336 e. The molecule has 12 heavy (non-hydrogen) atoms. The van der Waals surface area contributed by atoms with Gasteiger partial charge >= 0.3 is 5.97 Å². The summed E-state index contributed by atoms with van der Waals surface area (Å²) in [5.74, 6) is -0.907. The van der Waals surface area contributed by atoms with E-state index in [0.29, 0.717) is 16.6 Å². The lowest BCUT2D eigenvalue weighted by atomic mass is 10.1. The van der Waals surface area contributed by atoms with Crippen LogP contribution in [0.2, 0.25) is 0 Å². The van der Waals surface area contributed by atoms with Crippen LogP contribution in [-0.2, 0) is 6.42 Å². The van der Waals surface area contributed by atoms with Gasteiger partial charge in [0.15, 0.2) is 0 Å². The van der Waals surface area contributed by atoms with Crippen molar-refractivity contribution in [2.75, 3.05) is 0 Å². The Kier molecular flexibility index (Phi) is 2.81. The van der Waals surface area contributed by atoms with Crippen LogP contribution in [0.5, 0.6) is 0 Å². The lowest BCUT2D eigenvalue weighted by molar-refractivity contribution is 0.0695. The Morgan fingerprint density at radius 2 is 2.42 bits per heavy atom. The van der Waals surface area contributed by atoms with E-state index in [2.05, 4.69) is 20.9 Å². The summed E-state index contributed by atoms with van der Waals surface area (Å²) in [5.41, 5.74) is 1.06. The highest BCUT2D eigenvalue weighted by Crippen LogP contribution is 2.18. The lowest BCUT2D eigenvalue weighted by Gasteiger charge is -2.03. The van der Waals surface area contributed by atoms with Crippen molar-refractivity contribution in [3.8, 4) is 0 Å². The highest BCUT2D eigenvalue weighted by molar-refractivity contribution is 9.10. The zero-order valence-electron chi connectivity index (χ0n) is 6.54. The molecule has 0 amide bonds. The Bertz CT molecular complexity index is 312. The monoisotopic (exact) mass is 229 g/mol. The molecule has 0 aromatic carbocycles. The topological polar surface area (TPSA) is 50.2 Å². The Morgan fingerprint density at radius 3 is 2.83 bits per heavy atom. The van der Waals surface area contributed by atoms with Crippen LogP contribution < -0.4 is 0 Å². The van der Waals surface area contributed by atoms with Crippen LogP contribution in [0.4, 0.5) is 0 Å². The van der Waals surface area contributed by atoms with Gasteiger partial charge in [0.25, 0.3) is 0 Å². The van der Waals surface area contributed by atoms with Crippen molar-refractivity contribution >= 4 is 21.9 Å². The molecule has 64 valence electrons. The summed E-state index contributed by atoms with van der Waals surface area (Å²) < 4.78 is 0.616. The van der Waals surface area contributed by atoms with Crippen molar-refractivity contribution in [2.24, 2.45) is 0 Å². The number of carbonyl (C=O) groups is 1. The summed E-state index contributed by atoms with van der Waals surface area (Å²) in [6.45, 7) is 1.90. The molecule has 1 heterocycles. The molecule has 0 spiro atoms. The Labute approximate surface area is 78.6 Å². The molecule has 0 atom stereocenters. The van der Waals surface area contributed by atoms with Crippen molar-refractivity contribution in [2.45, 2.75) is 13.3 Å². The van der Waals surface area contributed by atoms with Gasteiger partial charge in [-0.2, -0.15) is 0 Å². The van der Waals surface area contributed by atoms with E-state index < -0.39 is 5.97 Å². The summed E-state index contributed by atoms with van der Waals surface area (Å²) in [6, 6.07) is 1.51. The molecule has 1 rings (SSSR count). The summed E-state index contributed by atoms with van der Waals surface area (Å²) in [6.07, 6.45) is 2.14. The molecule has 0 fully saturated rings. The maximum atomic E-state index is 10.7. The van der Waals surface area contributed by atoms with Crippen molar-refractivity contribution in [1.82, 2.24) is 4.98 Å². The molecule has 0 radical (unpaired) electrons. The number of hydrogen-bond acceptors (Lipinski definition) is 2. The first kappa shape index (κ1) is 9.19. The van der Waals surface area contributed by atoms with Crippen molar-refractivity contribution in [3.05, 3.63) is 28.0 Å². The predicted octanol–water partition coefficient (Wildman–Crippen LogP) is 2.10. The maximum Gasteiger partial charge on any atom is 0.336 e. The number of hydrogen-bond donors (Lipinski definition) is 1. The zero-order chi connectivity index (χ0) is 9.14. The van der Waals surface area contributed by atoms with Crippen LogP contribution in [0.15, 0.2) is 16.9 Å². The van der Waals surface area contributed by atoms with Gasteiger partial charge in [-0.15, -0.1) is 0 Å². The standard InChI is InChI=1S/C8H8BrNO2/c1-2-5-6(8(11)12)3-4-10-7(5)9/h3-4H,2H2,1H3,(H,11,12). The van der Waals surface area contributed by atoms with Crippen molar-refractivity contribution in [1.29, 1.82) is 0 Å². The van der Waals surface area contributed by atoms with Crippen LogP contribution in [0, 0.1) is 0 Å². The third-order valence-electron chi connectivity index (χ3n) is 1.59. The first-order chi connectivity index (χ1) is 5.66. The normalized spacial score (nSPS) is 9.83. The molecule has 0 aliphatic heterocycles. The van der Waals surface area contributed by atoms with Crippen LogP contribution >= 0.6 is 15.9 Å². The molecule has 3 nitrogen and oxygen atoms in total. The fourth-order valence-corrected chi connectivity index (χ4v) is 1.62.